The smallest absolute Gasteiger partial charge is 0.167 e. The Morgan fingerprint density at radius 3 is 2.72 bits per heavy atom. The number of nitrogen functional groups attached to an aromatic ring is 1. The van der Waals surface area contributed by atoms with Crippen LogP contribution in [0.25, 0.3) is 0 Å². The highest BCUT2D eigenvalue weighted by Gasteiger charge is 2.15. The third-order valence-corrected chi connectivity index (χ3v) is 2.71. The Balaban J connectivity index is 2.29. The van der Waals surface area contributed by atoms with E-state index in [0.717, 1.165) is 19.3 Å². The van der Waals surface area contributed by atoms with Gasteiger partial charge < -0.3 is 10.5 Å². The number of nitriles is 1. The SMILES string of the molecule is CC(C)(C#N)CCCCOc1ccc(N)cc1F. The topological polar surface area (TPSA) is 59.0 Å². The van der Waals surface area contributed by atoms with E-state index in [0.29, 0.717) is 12.3 Å². The summed E-state index contributed by atoms with van der Waals surface area (Å²) in [5.74, 6) is -0.212. The Hall–Kier alpha value is -1.76. The number of nitrogens with two attached hydrogens (primary N) is 1. The molecule has 1 rings (SSSR count). The quantitative estimate of drug-likeness (QED) is 0.621. The summed E-state index contributed by atoms with van der Waals surface area (Å²) in [4.78, 5) is 0. The van der Waals surface area contributed by atoms with E-state index in [1.807, 2.05) is 13.8 Å². The molecule has 0 atom stereocenters. The van der Waals surface area contributed by atoms with Crippen LogP contribution in [0.4, 0.5) is 10.1 Å². The first-order chi connectivity index (χ1) is 8.44. The summed E-state index contributed by atoms with van der Waals surface area (Å²) in [6.45, 7) is 4.27. The lowest BCUT2D eigenvalue weighted by Crippen LogP contribution is -2.08. The van der Waals surface area contributed by atoms with Gasteiger partial charge in [0, 0.05) is 11.8 Å². The molecule has 0 amide bonds. The van der Waals surface area contributed by atoms with Gasteiger partial charge in [-0.2, -0.15) is 5.26 Å². The molecule has 0 aliphatic rings. The van der Waals surface area contributed by atoms with Crippen molar-refractivity contribution in [3.05, 3.63) is 24.0 Å². The van der Waals surface area contributed by atoms with Crippen LogP contribution in [0, 0.1) is 22.6 Å². The Kier molecular flexibility index (Phi) is 4.96. The van der Waals surface area contributed by atoms with Crippen molar-refractivity contribution < 1.29 is 9.13 Å². The normalized spacial score (nSPS) is 11.0. The molecule has 0 fully saturated rings. The molecule has 2 N–H and O–H groups in total. The Labute approximate surface area is 107 Å². The third-order valence-electron chi connectivity index (χ3n) is 2.71. The molecule has 1 aromatic carbocycles. The van der Waals surface area contributed by atoms with Gasteiger partial charge in [-0.3, -0.25) is 0 Å². The molecule has 3 nitrogen and oxygen atoms in total. The molecule has 0 heterocycles. The summed E-state index contributed by atoms with van der Waals surface area (Å²) in [5, 5.41) is 8.85. The van der Waals surface area contributed by atoms with Crippen LogP contribution in [0.3, 0.4) is 0 Å². The maximum Gasteiger partial charge on any atom is 0.167 e. The van der Waals surface area contributed by atoms with E-state index in [1.54, 1.807) is 6.07 Å². The van der Waals surface area contributed by atoms with Crippen LogP contribution in [0.15, 0.2) is 18.2 Å². The number of rotatable bonds is 6. The lowest BCUT2D eigenvalue weighted by Gasteiger charge is -2.14. The Bertz CT molecular complexity index is 438. The number of nitrogens with zero attached hydrogens (tertiary/aromatic N) is 1. The number of anilines is 1. The Morgan fingerprint density at radius 2 is 2.11 bits per heavy atom. The van der Waals surface area contributed by atoms with Gasteiger partial charge in [0.1, 0.15) is 0 Å². The highest BCUT2D eigenvalue weighted by Crippen LogP contribution is 2.22. The van der Waals surface area contributed by atoms with Gasteiger partial charge in [0.25, 0.3) is 0 Å². The van der Waals surface area contributed by atoms with Gasteiger partial charge in [-0.25, -0.2) is 4.39 Å². The van der Waals surface area contributed by atoms with Crippen molar-refractivity contribution in [1.29, 1.82) is 5.26 Å². The van der Waals surface area contributed by atoms with Gasteiger partial charge in [-0.1, -0.05) is 0 Å². The molecule has 0 aliphatic carbocycles. The summed E-state index contributed by atoms with van der Waals surface area (Å²) in [6.07, 6.45) is 2.50. The Morgan fingerprint density at radius 1 is 1.39 bits per heavy atom. The van der Waals surface area contributed by atoms with Crippen molar-refractivity contribution in [3.63, 3.8) is 0 Å². The molecule has 0 saturated carbocycles. The van der Waals surface area contributed by atoms with Crippen molar-refractivity contribution in [3.8, 4) is 11.8 Å². The van der Waals surface area contributed by atoms with E-state index in [-0.39, 0.29) is 11.2 Å². The largest absolute Gasteiger partial charge is 0.491 e. The minimum absolute atomic E-state index is 0.226. The van der Waals surface area contributed by atoms with Gasteiger partial charge in [0.2, 0.25) is 0 Å². The van der Waals surface area contributed by atoms with Crippen molar-refractivity contribution in [1.82, 2.24) is 0 Å². The number of hydrogen-bond donors (Lipinski definition) is 1. The number of hydrogen-bond acceptors (Lipinski definition) is 3. The number of unbranched alkanes of at least 4 members (excludes halogenated alkanes) is 1. The average molecular weight is 250 g/mol. The van der Waals surface area contributed by atoms with E-state index in [9.17, 15) is 4.39 Å². The van der Waals surface area contributed by atoms with E-state index in [2.05, 4.69) is 6.07 Å². The summed E-state index contributed by atoms with van der Waals surface area (Å²) in [5.41, 5.74) is 5.53. The predicted octanol–water partition coefficient (Wildman–Crippen LogP) is 3.51. The zero-order valence-corrected chi connectivity index (χ0v) is 10.9. The molecule has 0 aromatic heterocycles. The summed E-state index contributed by atoms with van der Waals surface area (Å²) >= 11 is 0. The van der Waals surface area contributed by atoms with Gasteiger partial charge >= 0.3 is 0 Å². The molecule has 0 unspecified atom stereocenters. The lowest BCUT2D eigenvalue weighted by molar-refractivity contribution is 0.282. The second kappa shape index (κ2) is 6.25. The molecule has 0 spiro atoms. The zero-order valence-electron chi connectivity index (χ0n) is 10.9. The van der Waals surface area contributed by atoms with Crippen LogP contribution in [0.2, 0.25) is 0 Å². The van der Waals surface area contributed by atoms with Crippen LogP contribution in [0.5, 0.6) is 5.75 Å². The van der Waals surface area contributed by atoms with Crippen LogP contribution in [0.1, 0.15) is 33.1 Å². The fourth-order valence-electron chi connectivity index (χ4n) is 1.54. The van der Waals surface area contributed by atoms with Crippen molar-refractivity contribution >= 4 is 5.69 Å². The van der Waals surface area contributed by atoms with E-state index < -0.39 is 5.82 Å². The molecule has 4 heteroatoms. The molecule has 0 aliphatic heterocycles. The maximum absolute atomic E-state index is 13.4. The first-order valence-electron chi connectivity index (χ1n) is 6.04. The van der Waals surface area contributed by atoms with Gasteiger partial charge in [0.15, 0.2) is 11.6 Å². The third kappa shape index (κ3) is 4.62. The van der Waals surface area contributed by atoms with E-state index >= 15 is 0 Å². The molecular formula is C14H19FN2O. The average Bonchev–Trinajstić information content (AvgIpc) is 2.31. The van der Waals surface area contributed by atoms with Crippen molar-refractivity contribution in [2.75, 3.05) is 12.3 Å². The van der Waals surface area contributed by atoms with Crippen molar-refractivity contribution in [2.24, 2.45) is 5.41 Å². The number of benzene rings is 1. The minimum atomic E-state index is -0.438. The molecule has 1 aromatic rings. The van der Waals surface area contributed by atoms with Crippen LogP contribution >= 0.6 is 0 Å². The molecule has 0 radical (unpaired) electrons. The number of ether oxygens (including phenoxy) is 1. The van der Waals surface area contributed by atoms with Gasteiger partial charge in [0.05, 0.1) is 18.1 Å². The first kappa shape index (κ1) is 14.3. The fraction of sp³-hybridized carbons (Fsp3) is 0.500. The monoisotopic (exact) mass is 250 g/mol. The van der Waals surface area contributed by atoms with Crippen molar-refractivity contribution in [2.45, 2.75) is 33.1 Å². The van der Waals surface area contributed by atoms with E-state index in [1.165, 1.54) is 12.1 Å². The molecule has 98 valence electrons. The molecular weight excluding hydrogens is 231 g/mol. The van der Waals surface area contributed by atoms with Crippen LogP contribution in [-0.2, 0) is 0 Å². The maximum atomic E-state index is 13.4. The highest BCUT2D eigenvalue weighted by molar-refractivity contribution is 5.42. The second-order valence-corrected chi connectivity index (χ2v) is 4.99. The first-order valence-corrected chi connectivity index (χ1v) is 6.04. The molecule has 0 bridgehead atoms. The number of halogens is 1. The zero-order chi connectivity index (χ0) is 13.6. The lowest BCUT2D eigenvalue weighted by atomic mass is 9.89. The molecule has 0 saturated heterocycles. The van der Waals surface area contributed by atoms with Gasteiger partial charge in [-0.05, 0) is 45.2 Å². The standard InChI is InChI=1S/C14H19FN2O/c1-14(2,10-16)7-3-4-8-18-13-6-5-11(17)9-12(13)15/h5-6,9H,3-4,7-8,17H2,1-2H3. The highest BCUT2D eigenvalue weighted by atomic mass is 19.1. The summed E-state index contributed by atoms with van der Waals surface area (Å²) < 4.78 is 18.7. The fourth-order valence-corrected chi connectivity index (χ4v) is 1.54. The van der Waals surface area contributed by atoms with Gasteiger partial charge in [-0.15, -0.1) is 0 Å². The molecule has 18 heavy (non-hydrogen) atoms. The van der Waals surface area contributed by atoms with Crippen LogP contribution < -0.4 is 10.5 Å². The minimum Gasteiger partial charge on any atom is -0.491 e. The van der Waals surface area contributed by atoms with Crippen LogP contribution in [-0.4, -0.2) is 6.61 Å². The summed E-state index contributed by atoms with van der Waals surface area (Å²) in [7, 11) is 0. The second-order valence-electron chi connectivity index (χ2n) is 4.99. The summed E-state index contributed by atoms with van der Waals surface area (Å²) in [6, 6.07) is 6.63. The van der Waals surface area contributed by atoms with E-state index in [4.69, 9.17) is 15.7 Å². The predicted molar refractivity (Wildman–Crippen MR) is 69.6 cm³/mol.